The van der Waals surface area contributed by atoms with Gasteiger partial charge in [-0.2, -0.15) is 5.10 Å². The quantitative estimate of drug-likeness (QED) is 0.822. The summed E-state index contributed by atoms with van der Waals surface area (Å²) in [6, 6.07) is 5.09. The second-order valence-corrected chi connectivity index (χ2v) is 6.50. The normalized spacial score (nSPS) is 19.7. The van der Waals surface area contributed by atoms with Crippen LogP contribution in [0.5, 0.6) is 5.75 Å². The summed E-state index contributed by atoms with van der Waals surface area (Å²) in [4.78, 5) is 0. The van der Waals surface area contributed by atoms with Crippen LogP contribution >= 0.6 is 0 Å². The number of halogens is 3. The molecule has 0 N–H and O–H groups in total. The largest absolute Gasteiger partial charge is 0.573 e. The molecule has 0 aliphatic carbocycles. The number of hydrogen-bond donors (Lipinski definition) is 0. The van der Waals surface area contributed by atoms with Gasteiger partial charge in [0.15, 0.2) is 5.84 Å². The first-order valence-corrected chi connectivity index (χ1v) is 8.05. The minimum atomic E-state index is -4.77. The molecule has 0 saturated carbocycles. The van der Waals surface area contributed by atoms with E-state index in [2.05, 4.69) is 14.2 Å². The fraction of sp³-hybridized carbons (Fsp3) is 0.231. The van der Waals surface area contributed by atoms with Crippen molar-refractivity contribution in [3.8, 4) is 5.75 Å². The minimum absolute atomic E-state index is 0.139. The van der Waals surface area contributed by atoms with Gasteiger partial charge in [0.25, 0.3) is 10.0 Å². The summed E-state index contributed by atoms with van der Waals surface area (Å²) < 4.78 is 67.3. The molecule has 0 saturated heterocycles. The Bertz CT molecular complexity index is 811. The van der Waals surface area contributed by atoms with Crippen LogP contribution in [0.25, 0.3) is 5.57 Å². The second kappa shape index (κ2) is 5.37. The van der Waals surface area contributed by atoms with E-state index in [-0.39, 0.29) is 23.9 Å². The number of alkyl halides is 3. The lowest BCUT2D eigenvalue weighted by Gasteiger charge is -2.27. The smallest absolute Gasteiger partial charge is 0.406 e. The zero-order chi connectivity index (χ0) is 16.7. The minimum Gasteiger partial charge on any atom is -0.406 e. The van der Waals surface area contributed by atoms with E-state index >= 15 is 0 Å². The summed E-state index contributed by atoms with van der Waals surface area (Å²) in [5.74, 6) is -0.343. The molecule has 6 nitrogen and oxygen atoms in total. The van der Waals surface area contributed by atoms with Crippen molar-refractivity contribution in [1.82, 2.24) is 5.01 Å². The van der Waals surface area contributed by atoms with E-state index in [0.29, 0.717) is 11.1 Å². The Labute approximate surface area is 129 Å². The highest BCUT2D eigenvalue weighted by Crippen LogP contribution is 2.28. The number of ether oxygens (including phenoxy) is 1. The SMILES string of the molecule is O=S1(=O)CCN2N=CC=C(c3ccc(OC(F)(F)F)cc3)C2=N1. The number of sulfonamides is 1. The summed E-state index contributed by atoms with van der Waals surface area (Å²) in [6.07, 6.45) is -1.74. The highest BCUT2D eigenvalue weighted by Gasteiger charge is 2.31. The monoisotopic (exact) mass is 345 g/mol. The van der Waals surface area contributed by atoms with Crippen molar-refractivity contribution in [2.45, 2.75) is 6.36 Å². The van der Waals surface area contributed by atoms with E-state index in [1.165, 1.54) is 23.4 Å². The number of rotatable bonds is 2. The molecule has 0 radical (unpaired) electrons. The van der Waals surface area contributed by atoms with E-state index in [0.717, 1.165) is 12.1 Å². The number of amidine groups is 1. The van der Waals surface area contributed by atoms with Gasteiger partial charge in [-0.25, -0.2) is 13.4 Å². The Kier molecular flexibility index (Phi) is 3.63. The van der Waals surface area contributed by atoms with Crippen molar-refractivity contribution in [2.24, 2.45) is 9.50 Å². The Morgan fingerprint density at radius 3 is 2.52 bits per heavy atom. The maximum atomic E-state index is 12.2. The van der Waals surface area contributed by atoms with Gasteiger partial charge in [-0.05, 0) is 23.8 Å². The molecule has 0 fully saturated rings. The van der Waals surface area contributed by atoms with Crippen LogP contribution in [0.4, 0.5) is 13.2 Å². The lowest BCUT2D eigenvalue weighted by atomic mass is 10.0. The average molecular weight is 345 g/mol. The van der Waals surface area contributed by atoms with Crippen LogP contribution in [0, 0.1) is 0 Å². The van der Waals surface area contributed by atoms with Gasteiger partial charge in [-0.1, -0.05) is 12.1 Å². The van der Waals surface area contributed by atoms with Gasteiger partial charge in [0, 0.05) is 11.8 Å². The van der Waals surface area contributed by atoms with Crippen molar-refractivity contribution in [3.63, 3.8) is 0 Å². The van der Waals surface area contributed by atoms with Crippen LogP contribution in [0.2, 0.25) is 0 Å². The van der Waals surface area contributed by atoms with Gasteiger partial charge in [0.1, 0.15) is 5.75 Å². The summed E-state index contributed by atoms with van der Waals surface area (Å²) >= 11 is 0. The van der Waals surface area contributed by atoms with Crippen molar-refractivity contribution in [3.05, 3.63) is 35.9 Å². The Hall–Kier alpha value is -2.36. The maximum absolute atomic E-state index is 12.2. The molecule has 2 heterocycles. The van der Waals surface area contributed by atoms with Gasteiger partial charge in [-0.15, -0.1) is 17.6 Å². The van der Waals surface area contributed by atoms with E-state index in [1.807, 2.05) is 0 Å². The topological polar surface area (TPSA) is 71.3 Å². The molecule has 2 aliphatic rings. The molecule has 23 heavy (non-hydrogen) atoms. The Balaban J connectivity index is 1.93. The third-order valence-corrected chi connectivity index (χ3v) is 4.27. The molecule has 2 aliphatic heterocycles. The summed E-state index contributed by atoms with van der Waals surface area (Å²) in [5, 5.41) is 5.46. The zero-order valence-electron chi connectivity index (χ0n) is 11.5. The number of benzene rings is 1. The van der Waals surface area contributed by atoms with Gasteiger partial charge >= 0.3 is 6.36 Å². The number of hydrogen-bond acceptors (Lipinski definition) is 5. The number of allylic oxidation sites excluding steroid dienone is 1. The molecule has 0 amide bonds. The first-order chi connectivity index (χ1) is 10.7. The molecule has 1 aromatic carbocycles. The fourth-order valence-corrected chi connectivity index (χ4v) is 3.11. The van der Waals surface area contributed by atoms with Gasteiger partial charge in [0.05, 0.1) is 12.3 Å². The van der Waals surface area contributed by atoms with Gasteiger partial charge < -0.3 is 4.74 Å². The van der Waals surface area contributed by atoms with Gasteiger partial charge in [0.2, 0.25) is 0 Å². The van der Waals surface area contributed by atoms with Crippen LogP contribution in [-0.2, 0) is 10.0 Å². The zero-order valence-corrected chi connectivity index (χ0v) is 12.3. The highest BCUT2D eigenvalue weighted by molar-refractivity contribution is 7.90. The fourth-order valence-electron chi connectivity index (χ4n) is 2.16. The lowest BCUT2D eigenvalue weighted by molar-refractivity contribution is -0.274. The van der Waals surface area contributed by atoms with Gasteiger partial charge in [-0.3, -0.25) is 0 Å². The predicted octanol–water partition coefficient (Wildman–Crippen LogP) is 2.01. The van der Waals surface area contributed by atoms with Crippen LogP contribution in [0.1, 0.15) is 5.56 Å². The third-order valence-electron chi connectivity index (χ3n) is 3.12. The average Bonchev–Trinajstić information content (AvgIpc) is 2.45. The Morgan fingerprint density at radius 1 is 1.17 bits per heavy atom. The summed E-state index contributed by atoms with van der Waals surface area (Å²) in [6.45, 7) is 0.171. The van der Waals surface area contributed by atoms with E-state index in [9.17, 15) is 21.6 Å². The summed E-state index contributed by atoms with van der Waals surface area (Å²) in [7, 11) is -3.57. The van der Waals surface area contributed by atoms with Crippen LogP contribution < -0.4 is 4.74 Å². The highest BCUT2D eigenvalue weighted by atomic mass is 32.2. The first kappa shape index (κ1) is 15.5. The number of fused-ring (bicyclic) bond motifs is 1. The van der Waals surface area contributed by atoms with Crippen molar-refractivity contribution in [2.75, 3.05) is 12.3 Å². The van der Waals surface area contributed by atoms with E-state index < -0.39 is 16.4 Å². The van der Waals surface area contributed by atoms with Crippen LogP contribution in [0.15, 0.2) is 39.8 Å². The van der Waals surface area contributed by atoms with Crippen LogP contribution in [-0.4, -0.2) is 44.1 Å². The third kappa shape index (κ3) is 3.52. The molecule has 0 bridgehead atoms. The summed E-state index contributed by atoms with van der Waals surface area (Å²) in [5.41, 5.74) is 0.966. The predicted molar refractivity (Wildman–Crippen MR) is 77.5 cm³/mol. The standard InChI is InChI=1S/C13H10F3N3O3S/c14-13(15,16)22-10-3-1-9(2-4-10)11-5-6-17-19-7-8-23(20,21)18-12(11)19/h1-6H,7-8H2. The molecule has 3 rings (SSSR count). The van der Waals surface area contributed by atoms with Crippen molar-refractivity contribution < 1.29 is 26.3 Å². The molecule has 10 heteroatoms. The number of hydrazone groups is 1. The van der Waals surface area contributed by atoms with Crippen molar-refractivity contribution >= 4 is 27.6 Å². The molecule has 122 valence electrons. The van der Waals surface area contributed by atoms with E-state index in [1.54, 1.807) is 6.08 Å². The molecular weight excluding hydrogens is 335 g/mol. The van der Waals surface area contributed by atoms with E-state index in [4.69, 9.17) is 0 Å². The Morgan fingerprint density at radius 2 is 1.87 bits per heavy atom. The maximum Gasteiger partial charge on any atom is 0.573 e. The molecular formula is C13H10F3N3O3S. The molecule has 1 aromatic rings. The molecule has 0 aromatic heterocycles. The number of nitrogens with zero attached hydrogens (tertiary/aromatic N) is 3. The molecule has 0 spiro atoms. The second-order valence-electron chi connectivity index (χ2n) is 4.74. The first-order valence-electron chi connectivity index (χ1n) is 6.44. The molecule has 0 unspecified atom stereocenters. The lowest BCUT2D eigenvalue weighted by Crippen LogP contribution is -2.38. The molecule has 0 atom stereocenters. The van der Waals surface area contributed by atoms with Crippen molar-refractivity contribution in [1.29, 1.82) is 0 Å². The van der Waals surface area contributed by atoms with Crippen LogP contribution in [0.3, 0.4) is 0 Å².